The minimum absolute atomic E-state index is 0.0182. The molecule has 2 N–H and O–H groups in total. The summed E-state index contributed by atoms with van der Waals surface area (Å²) in [5.74, 6) is -2.69. The van der Waals surface area contributed by atoms with E-state index in [9.17, 15) is 19.8 Å². The van der Waals surface area contributed by atoms with Crippen LogP contribution in [-0.2, 0) is 6.42 Å². The zero-order valence-electron chi connectivity index (χ0n) is 14.9. The van der Waals surface area contributed by atoms with Gasteiger partial charge in [0.25, 0.3) is 11.6 Å². The van der Waals surface area contributed by atoms with Crippen LogP contribution in [0.4, 0.5) is 0 Å². The highest BCUT2D eigenvalue weighted by Crippen LogP contribution is 2.16. The van der Waals surface area contributed by atoms with Gasteiger partial charge < -0.3 is 10.2 Å². The van der Waals surface area contributed by atoms with Gasteiger partial charge in [-0.15, -0.1) is 10.2 Å². The van der Waals surface area contributed by atoms with Crippen molar-refractivity contribution in [3.63, 3.8) is 0 Å². The molecule has 0 aliphatic carbocycles. The van der Waals surface area contributed by atoms with Gasteiger partial charge >= 0.3 is 11.9 Å². The summed E-state index contributed by atoms with van der Waals surface area (Å²) in [7, 11) is 0. The summed E-state index contributed by atoms with van der Waals surface area (Å²) in [4.78, 5) is 31.0. The Bertz CT molecular complexity index is 1090. The summed E-state index contributed by atoms with van der Waals surface area (Å²) in [6.45, 7) is 0. The molecule has 144 valence electrons. The fraction of sp³-hybridized carbons (Fsp3) is 0.0526. The first-order chi connectivity index (χ1) is 14.0. The van der Waals surface area contributed by atoms with Crippen LogP contribution in [0.25, 0.3) is 11.4 Å². The van der Waals surface area contributed by atoms with E-state index in [4.69, 9.17) is 0 Å². The quantitative estimate of drug-likeness (QED) is 0.509. The van der Waals surface area contributed by atoms with Crippen LogP contribution in [0, 0.1) is 0 Å². The van der Waals surface area contributed by atoms with Gasteiger partial charge in [0, 0.05) is 0 Å². The SMILES string of the molecule is O=C(O)c1nc(Cc2nc(C(=O)O)nn2-c2ccccc2)n(-c2ccccc2)n1. The van der Waals surface area contributed by atoms with Crippen LogP contribution in [0.2, 0.25) is 0 Å². The van der Waals surface area contributed by atoms with Crippen molar-refractivity contribution in [3.8, 4) is 11.4 Å². The van der Waals surface area contributed by atoms with E-state index in [2.05, 4.69) is 20.2 Å². The molecule has 0 fully saturated rings. The van der Waals surface area contributed by atoms with Gasteiger partial charge in [-0.3, -0.25) is 0 Å². The molecular weight excluding hydrogens is 376 g/mol. The smallest absolute Gasteiger partial charge is 0.375 e. The van der Waals surface area contributed by atoms with Crippen LogP contribution in [-0.4, -0.2) is 51.7 Å². The second-order valence-electron chi connectivity index (χ2n) is 5.99. The molecular formula is C19H14N6O4. The van der Waals surface area contributed by atoms with Crippen molar-refractivity contribution in [2.45, 2.75) is 6.42 Å². The summed E-state index contributed by atoms with van der Waals surface area (Å²) >= 11 is 0. The van der Waals surface area contributed by atoms with Crippen molar-refractivity contribution in [2.75, 3.05) is 0 Å². The van der Waals surface area contributed by atoms with E-state index >= 15 is 0 Å². The number of carboxylic acid groups (broad SMARTS) is 2. The van der Waals surface area contributed by atoms with E-state index in [0.29, 0.717) is 11.4 Å². The van der Waals surface area contributed by atoms with Crippen LogP contribution in [0.1, 0.15) is 32.9 Å². The van der Waals surface area contributed by atoms with Crippen molar-refractivity contribution in [2.24, 2.45) is 0 Å². The third kappa shape index (κ3) is 3.58. The van der Waals surface area contributed by atoms with E-state index < -0.39 is 11.9 Å². The number of aromatic nitrogens is 6. The first-order valence-corrected chi connectivity index (χ1v) is 8.52. The highest BCUT2D eigenvalue weighted by Gasteiger charge is 2.22. The number of hydrogen-bond donors (Lipinski definition) is 2. The van der Waals surface area contributed by atoms with Gasteiger partial charge in [0.05, 0.1) is 17.8 Å². The number of para-hydroxylation sites is 2. The Labute approximate surface area is 163 Å². The molecule has 0 bridgehead atoms. The minimum Gasteiger partial charge on any atom is -0.475 e. The fourth-order valence-corrected chi connectivity index (χ4v) is 2.79. The predicted octanol–water partition coefficient (Wildman–Crippen LogP) is 1.84. The third-order valence-corrected chi connectivity index (χ3v) is 4.05. The maximum Gasteiger partial charge on any atom is 0.375 e. The first kappa shape index (κ1) is 18.0. The molecule has 4 aromatic rings. The lowest BCUT2D eigenvalue weighted by Crippen LogP contribution is -2.09. The Kier molecular flexibility index (Phi) is 4.57. The second kappa shape index (κ2) is 7.35. The molecule has 0 atom stereocenters. The molecule has 0 saturated carbocycles. The maximum atomic E-state index is 11.4. The number of benzene rings is 2. The number of hydrogen-bond acceptors (Lipinski definition) is 6. The van der Waals surface area contributed by atoms with E-state index in [-0.39, 0.29) is 29.7 Å². The fourth-order valence-electron chi connectivity index (χ4n) is 2.79. The van der Waals surface area contributed by atoms with Crippen molar-refractivity contribution < 1.29 is 19.8 Å². The van der Waals surface area contributed by atoms with Crippen molar-refractivity contribution >= 4 is 11.9 Å². The average Bonchev–Trinajstić information content (AvgIpc) is 3.35. The lowest BCUT2D eigenvalue weighted by molar-refractivity contribution is 0.0673. The van der Waals surface area contributed by atoms with Crippen LogP contribution in [0.3, 0.4) is 0 Å². The summed E-state index contributed by atoms with van der Waals surface area (Å²) in [6, 6.07) is 17.8. The number of nitrogens with zero attached hydrogens (tertiary/aromatic N) is 6. The van der Waals surface area contributed by atoms with Gasteiger partial charge in [0.2, 0.25) is 0 Å². The van der Waals surface area contributed by atoms with Crippen molar-refractivity contribution in [3.05, 3.63) is 84.0 Å². The number of aromatic carboxylic acids is 2. The zero-order chi connectivity index (χ0) is 20.4. The van der Waals surface area contributed by atoms with Gasteiger partial charge in [0.1, 0.15) is 11.6 Å². The van der Waals surface area contributed by atoms with E-state index in [1.165, 1.54) is 9.36 Å². The lowest BCUT2D eigenvalue weighted by Gasteiger charge is -2.07. The normalized spacial score (nSPS) is 10.8. The summed E-state index contributed by atoms with van der Waals surface area (Å²) in [5.41, 5.74) is 1.23. The summed E-state index contributed by atoms with van der Waals surface area (Å²) in [5, 5.41) is 26.7. The van der Waals surface area contributed by atoms with Crippen LogP contribution in [0.15, 0.2) is 60.7 Å². The van der Waals surface area contributed by atoms with E-state index in [0.717, 1.165) is 0 Å². The van der Waals surface area contributed by atoms with Crippen molar-refractivity contribution in [1.82, 2.24) is 29.5 Å². The average molecular weight is 390 g/mol. The molecule has 4 rings (SSSR count). The van der Waals surface area contributed by atoms with Crippen LogP contribution >= 0.6 is 0 Å². The summed E-state index contributed by atoms with van der Waals surface area (Å²) in [6.07, 6.45) is 0.0182. The minimum atomic E-state index is -1.27. The monoisotopic (exact) mass is 390 g/mol. The molecule has 2 heterocycles. The highest BCUT2D eigenvalue weighted by atomic mass is 16.4. The third-order valence-electron chi connectivity index (χ3n) is 4.05. The maximum absolute atomic E-state index is 11.4. The number of carbonyl (C=O) groups is 2. The lowest BCUT2D eigenvalue weighted by atomic mass is 10.3. The summed E-state index contributed by atoms with van der Waals surface area (Å²) < 4.78 is 2.79. The topological polar surface area (TPSA) is 136 Å². The molecule has 10 heteroatoms. The molecule has 2 aromatic heterocycles. The molecule has 29 heavy (non-hydrogen) atoms. The van der Waals surface area contributed by atoms with Gasteiger partial charge in [0.15, 0.2) is 0 Å². The number of carboxylic acids is 2. The predicted molar refractivity (Wildman–Crippen MR) is 99.4 cm³/mol. The van der Waals surface area contributed by atoms with Crippen molar-refractivity contribution in [1.29, 1.82) is 0 Å². The molecule has 0 saturated heterocycles. The second-order valence-corrected chi connectivity index (χ2v) is 5.99. The van der Waals surface area contributed by atoms with Crippen LogP contribution < -0.4 is 0 Å². The van der Waals surface area contributed by atoms with E-state index in [1.807, 2.05) is 12.1 Å². The van der Waals surface area contributed by atoms with Gasteiger partial charge in [-0.25, -0.2) is 28.9 Å². The van der Waals surface area contributed by atoms with E-state index in [1.54, 1.807) is 48.5 Å². The molecule has 0 aliphatic rings. The van der Waals surface area contributed by atoms with Crippen LogP contribution in [0.5, 0.6) is 0 Å². The first-order valence-electron chi connectivity index (χ1n) is 8.52. The molecule has 0 amide bonds. The molecule has 0 radical (unpaired) electrons. The molecule has 0 spiro atoms. The van der Waals surface area contributed by atoms with Gasteiger partial charge in [-0.05, 0) is 24.3 Å². The highest BCUT2D eigenvalue weighted by molar-refractivity contribution is 5.83. The Morgan fingerprint density at radius 1 is 0.690 bits per heavy atom. The van der Waals surface area contributed by atoms with Gasteiger partial charge in [-0.2, -0.15) is 0 Å². The largest absolute Gasteiger partial charge is 0.475 e. The number of rotatable bonds is 6. The van der Waals surface area contributed by atoms with Gasteiger partial charge in [-0.1, -0.05) is 36.4 Å². The molecule has 2 aromatic carbocycles. The Hall–Kier alpha value is -4.34. The Balaban J connectivity index is 1.82. The Morgan fingerprint density at radius 3 is 1.41 bits per heavy atom. The zero-order valence-corrected chi connectivity index (χ0v) is 14.9. The molecule has 0 aliphatic heterocycles. The molecule has 10 nitrogen and oxygen atoms in total. The molecule has 0 unspecified atom stereocenters. The Morgan fingerprint density at radius 2 is 1.07 bits per heavy atom. The standard InChI is InChI=1S/C19H14N6O4/c26-18(27)16-20-14(24(22-16)12-7-3-1-4-8-12)11-15-21-17(19(28)29)23-25(15)13-9-5-2-6-10-13/h1-10H,11H2,(H,26,27)(H,28,29).